The maximum absolute atomic E-state index is 4.37. The van der Waals surface area contributed by atoms with E-state index < -0.39 is 0 Å². The van der Waals surface area contributed by atoms with E-state index in [0.29, 0.717) is 0 Å². The average molecular weight is 286 g/mol. The molecule has 0 radical (unpaired) electrons. The van der Waals surface area contributed by atoms with Gasteiger partial charge in [0.1, 0.15) is 5.01 Å². The smallest absolute Gasteiger partial charge is 0.126 e. The van der Waals surface area contributed by atoms with E-state index >= 15 is 0 Å². The van der Waals surface area contributed by atoms with E-state index in [1.165, 1.54) is 16.1 Å². The van der Waals surface area contributed by atoms with Crippen molar-refractivity contribution in [1.82, 2.24) is 4.98 Å². The van der Waals surface area contributed by atoms with Crippen molar-refractivity contribution in [2.24, 2.45) is 0 Å². The second kappa shape index (κ2) is 5.99. The molecular weight excluding hydrogens is 272 g/mol. The molecule has 0 aliphatic rings. The molecule has 0 saturated heterocycles. The molecule has 2 aromatic heterocycles. The average Bonchev–Trinajstić information content (AvgIpc) is 3.10. The molecule has 0 amide bonds. The molecule has 0 saturated carbocycles. The first-order valence-corrected chi connectivity index (χ1v) is 7.94. The third-order valence-electron chi connectivity index (χ3n) is 2.87. The Balaban J connectivity index is 1.64. The van der Waals surface area contributed by atoms with Crippen molar-refractivity contribution in [1.29, 1.82) is 0 Å². The third-order valence-corrected chi connectivity index (χ3v) is 4.55. The Morgan fingerprint density at radius 3 is 2.68 bits per heavy atom. The Kier molecular flexibility index (Phi) is 3.91. The lowest BCUT2D eigenvalue weighted by Gasteiger charge is -2.06. The van der Waals surface area contributed by atoms with Crippen LogP contribution in [-0.4, -0.2) is 11.5 Å². The first-order valence-electron chi connectivity index (χ1n) is 6.18. The zero-order valence-corrected chi connectivity index (χ0v) is 12.0. The zero-order chi connectivity index (χ0) is 12.9. The van der Waals surface area contributed by atoms with Crippen molar-refractivity contribution < 1.29 is 0 Å². The Morgan fingerprint density at radius 2 is 1.89 bits per heavy atom. The molecule has 1 aromatic carbocycles. The van der Waals surface area contributed by atoms with Crippen molar-refractivity contribution in [2.75, 3.05) is 11.9 Å². The fraction of sp³-hybridized carbons (Fsp3) is 0.133. The van der Waals surface area contributed by atoms with Gasteiger partial charge in [0.25, 0.3) is 0 Å². The van der Waals surface area contributed by atoms with Gasteiger partial charge >= 0.3 is 0 Å². The summed E-state index contributed by atoms with van der Waals surface area (Å²) in [5.74, 6) is 0. The van der Waals surface area contributed by atoms with E-state index in [4.69, 9.17) is 0 Å². The summed E-state index contributed by atoms with van der Waals surface area (Å²) in [5, 5.41) is 9.94. The number of thiophene rings is 1. The first kappa shape index (κ1) is 12.4. The van der Waals surface area contributed by atoms with Crippen molar-refractivity contribution in [2.45, 2.75) is 6.42 Å². The summed E-state index contributed by atoms with van der Waals surface area (Å²) in [5.41, 5.74) is 2.58. The maximum atomic E-state index is 4.37. The van der Waals surface area contributed by atoms with E-state index in [2.05, 4.69) is 52.1 Å². The van der Waals surface area contributed by atoms with Gasteiger partial charge in [0.2, 0.25) is 0 Å². The van der Waals surface area contributed by atoms with Crippen LogP contribution in [0.3, 0.4) is 0 Å². The summed E-state index contributed by atoms with van der Waals surface area (Å²) < 4.78 is 0. The summed E-state index contributed by atoms with van der Waals surface area (Å²) in [7, 11) is 0. The Bertz CT molecular complexity index is 615. The van der Waals surface area contributed by atoms with Gasteiger partial charge in [-0.25, -0.2) is 4.98 Å². The fourth-order valence-electron chi connectivity index (χ4n) is 1.94. The van der Waals surface area contributed by atoms with Crippen LogP contribution in [0.1, 0.15) is 5.56 Å². The van der Waals surface area contributed by atoms with Gasteiger partial charge in [-0.1, -0.05) is 30.3 Å². The number of aromatic nitrogens is 1. The highest BCUT2D eigenvalue weighted by Gasteiger charge is 2.08. The molecule has 96 valence electrons. The molecule has 0 bridgehead atoms. The number of benzene rings is 1. The minimum atomic E-state index is 0.947. The van der Waals surface area contributed by atoms with Crippen molar-refractivity contribution in [3.8, 4) is 10.6 Å². The van der Waals surface area contributed by atoms with Crippen LogP contribution in [-0.2, 0) is 6.42 Å². The molecule has 19 heavy (non-hydrogen) atoms. The highest BCUT2D eigenvalue weighted by atomic mass is 32.1. The van der Waals surface area contributed by atoms with Crippen LogP contribution >= 0.6 is 22.7 Å². The largest absolute Gasteiger partial charge is 0.376 e. The predicted octanol–water partition coefficient (Wildman–Crippen LogP) is 4.53. The van der Waals surface area contributed by atoms with Gasteiger partial charge in [0.05, 0.1) is 5.00 Å². The third kappa shape index (κ3) is 3.03. The quantitative estimate of drug-likeness (QED) is 0.745. The lowest BCUT2D eigenvalue weighted by molar-refractivity contribution is 1.02. The second-order valence-electron chi connectivity index (χ2n) is 4.16. The molecule has 4 heteroatoms. The second-order valence-corrected chi connectivity index (χ2v) is 5.97. The van der Waals surface area contributed by atoms with Crippen LogP contribution in [0.15, 0.2) is 53.4 Å². The molecule has 0 unspecified atom stereocenters. The minimum Gasteiger partial charge on any atom is -0.376 e. The van der Waals surface area contributed by atoms with Gasteiger partial charge in [0, 0.05) is 23.7 Å². The molecule has 2 heterocycles. The number of hydrogen-bond acceptors (Lipinski definition) is 4. The van der Waals surface area contributed by atoms with Crippen LogP contribution < -0.4 is 5.32 Å². The summed E-state index contributed by atoms with van der Waals surface area (Å²) in [6.07, 6.45) is 2.89. The van der Waals surface area contributed by atoms with Gasteiger partial charge in [-0.15, -0.1) is 22.7 Å². The highest BCUT2D eigenvalue weighted by molar-refractivity contribution is 7.16. The van der Waals surface area contributed by atoms with Gasteiger partial charge in [-0.3, -0.25) is 0 Å². The first-order chi connectivity index (χ1) is 9.43. The van der Waals surface area contributed by atoms with E-state index in [1.54, 1.807) is 22.7 Å². The molecule has 0 fully saturated rings. The van der Waals surface area contributed by atoms with Crippen LogP contribution in [0.4, 0.5) is 5.00 Å². The number of nitrogens with one attached hydrogen (secondary N) is 1. The van der Waals surface area contributed by atoms with Crippen LogP contribution in [0, 0.1) is 0 Å². The Labute approximate surface area is 120 Å². The van der Waals surface area contributed by atoms with Crippen molar-refractivity contribution in [3.05, 3.63) is 58.9 Å². The summed E-state index contributed by atoms with van der Waals surface area (Å²) in [6, 6.07) is 12.7. The number of hydrogen-bond donors (Lipinski definition) is 1. The highest BCUT2D eigenvalue weighted by Crippen LogP contribution is 2.34. The summed E-state index contributed by atoms with van der Waals surface area (Å²) in [6.45, 7) is 0.947. The molecule has 0 aliphatic carbocycles. The van der Waals surface area contributed by atoms with E-state index in [-0.39, 0.29) is 0 Å². The monoisotopic (exact) mass is 286 g/mol. The lowest BCUT2D eigenvalue weighted by Crippen LogP contribution is -2.04. The number of rotatable bonds is 5. The number of thiazole rings is 1. The van der Waals surface area contributed by atoms with Crippen molar-refractivity contribution in [3.63, 3.8) is 0 Å². The molecular formula is C15H14N2S2. The molecule has 0 aliphatic heterocycles. The summed E-state index contributed by atoms with van der Waals surface area (Å²) in [4.78, 5) is 4.37. The Hall–Kier alpha value is -1.65. The number of nitrogens with zero attached hydrogens (tertiary/aromatic N) is 1. The van der Waals surface area contributed by atoms with E-state index in [1.807, 2.05) is 11.6 Å². The lowest BCUT2D eigenvalue weighted by atomic mass is 10.1. The zero-order valence-electron chi connectivity index (χ0n) is 10.4. The fourth-order valence-corrected chi connectivity index (χ4v) is 3.49. The standard InChI is InChI=1S/C15H14N2S2/c1-2-4-12(5-3-1)6-8-16-14-13(7-10-18-14)15-17-9-11-19-15/h1-5,7,9-11,16H,6,8H2. The molecule has 2 nitrogen and oxygen atoms in total. The molecule has 3 aromatic rings. The minimum absolute atomic E-state index is 0.947. The molecule has 0 spiro atoms. The molecule has 0 atom stereocenters. The maximum Gasteiger partial charge on any atom is 0.126 e. The van der Waals surface area contributed by atoms with Gasteiger partial charge in [-0.2, -0.15) is 0 Å². The predicted molar refractivity (Wildman–Crippen MR) is 84.1 cm³/mol. The van der Waals surface area contributed by atoms with Crippen molar-refractivity contribution >= 4 is 27.7 Å². The molecule has 3 rings (SSSR count). The van der Waals surface area contributed by atoms with E-state index in [0.717, 1.165) is 18.0 Å². The molecule has 1 N–H and O–H groups in total. The van der Waals surface area contributed by atoms with Crippen LogP contribution in [0.5, 0.6) is 0 Å². The number of anilines is 1. The van der Waals surface area contributed by atoms with Crippen LogP contribution in [0.2, 0.25) is 0 Å². The topological polar surface area (TPSA) is 24.9 Å². The normalized spacial score (nSPS) is 10.5. The summed E-state index contributed by atoms with van der Waals surface area (Å²) >= 11 is 3.42. The van der Waals surface area contributed by atoms with Gasteiger partial charge in [0.15, 0.2) is 0 Å². The SMILES string of the molecule is c1ccc(CCNc2sccc2-c2nccs2)cc1. The van der Waals surface area contributed by atoms with Gasteiger partial charge < -0.3 is 5.32 Å². The van der Waals surface area contributed by atoms with Crippen LogP contribution in [0.25, 0.3) is 10.6 Å². The van der Waals surface area contributed by atoms with E-state index in [9.17, 15) is 0 Å². The van der Waals surface area contributed by atoms with Gasteiger partial charge in [-0.05, 0) is 23.4 Å². The Morgan fingerprint density at radius 1 is 1.00 bits per heavy atom.